The molecule has 0 saturated carbocycles. The molecule has 1 unspecified atom stereocenters. The molecule has 4 heteroatoms. The Hall–Kier alpha value is -1.00. The van der Waals surface area contributed by atoms with Gasteiger partial charge in [0.2, 0.25) is 0 Å². The van der Waals surface area contributed by atoms with E-state index in [1.165, 1.54) is 17.5 Å². The Morgan fingerprint density at radius 1 is 1.56 bits per heavy atom. The SMILES string of the molecule is CN/C(=C\NCO)CC1CCc2cc(Br)ccc21. The van der Waals surface area contributed by atoms with E-state index < -0.39 is 0 Å². The Kier molecular flexibility index (Phi) is 4.66. The predicted octanol–water partition coefficient (Wildman–Crippen LogP) is 2.47. The molecular weight excluding hydrogens is 292 g/mol. The molecule has 1 aliphatic rings. The summed E-state index contributed by atoms with van der Waals surface area (Å²) in [6, 6.07) is 6.57. The van der Waals surface area contributed by atoms with E-state index in [1.807, 2.05) is 13.2 Å². The van der Waals surface area contributed by atoms with Crippen LogP contribution in [0.3, 0.4) is 0 Å². The van der Waals surface area contributed by atoms with Gasteiger partial charge in [0.15, 0.2) is 0 Å². The number of rotatable bonds is 5. The molecule has 1 aliphatic carbocycles. The van der Waals surface area contributed by atoms with Crippen LogP contribution in [0.2, 0.25) is 0 Å². The van der Waals surface area contributed by atoms with Gasteiger partial charge in [0, 0.05) is 23.4 Å². The number of aryl methyl sites for hydroxylation is 1. The van der Waals surface area contributed by atoms with Gasteiger partial charge in [0.1, 0.15) is 6.73 Å². The summed E-state index contributed by atoms with van der Waals surface area (Å²) in [5, 5.41) is 14.8. The molecule has 18 heavy (non-hydrogen) atoms. The van der Waals surface area contributed by atoms with Crippen molar-refractivity contribution in [2.75, 3.05) is 13.8 Å². The first kappa shape index (κ1) is 13.4. The smallest absolute Gasteiger partial charge is 0.112 e. The molecule has 3 N–H and O–H groups in total. The molecule has 2 rings (SSSR count). The number of aliphatic hydroxyl groups is 1. The summed E-state index contributed by atoms with van der Waals surface area (Å²) in [7, 11) is 1.92. The van der Waals surface area contributed by atoms with E-state index in [0.717, 1.165) is 23.0 Å². The molecule has 3 nitrogen and oxygen atoms in total. The molecule has 0 amide bonds. The van der Waals surface area contributed by atoms with Crippen LogP contribution in [0.15, 0.2) is 34.6 Å². The van der Waals surface area contributed by atoms with Gasteiger partial charge < -0.3 is 15.7 Å². The highest BCUT2D eigenvalue weighted by molar-refractivity contribution is 9.10. The van der Waals surface area contributed by atoms with Crippen molar-refractivity contribution < 1.29 is 5.11 Å². The Morgan fingerprint density at radius 3 is 3.11 bits per heavy atom. The van der Waals surface area contributed by atoms with Gasteiger partial charge in [-0.3, -0.25) is 0 Å². The minimum Gasteiger partial charge on any atom is -0.390 e. The van der Waals surface area contributed by atoms with Gasteiger partial charge in [0.05, 0.1) is 0 Å². The molecule has 1 aromatic rings. The van der Waals surface area contributed by atoms with Crippen molar-refractivity contribution in [3.8, 4) is 0 Å². The lowest BCUT2D eigenvalue weighted by atomic mass is 9.96. The minimum atomic E-state index is -0.0284. The Bertz CT molecular complexity index is 445. The molecule has 0 bridgehead atoms. The van der Waals surface area contributed by atoms with Crippen LogP contribution in [0.5, 0.6) is 0 Å². The number of nitrogens with one attached hydrogen (secondary N) is 2. The molecule has 0 aromatic heterocycles. The molecule has 0 aliphatic heterocycles. The predicted molar refractivity (Wildman–Crippen MR) is 77.2 cm³/mol. The lowest BCUT2D eigenvalue weighted by Crippen LogP contribution is -2.15. The average Bonchev–Trinajstić information content (AvgIpc) is 2.76. The molecule has 1 aromatic carbocycles. The summed E-state index contributed by atoms with van der Waals surface area (Å²) in [6.45, 7) is -0.0284. The normalized spacial score (nSPS) is 18.6. The molecular formula is C14H19BrN2O. The standard InChI is InChI=1S/C14H19BrN2O/c1-16-13(8-17-9-18)7-11-3-2-10-6-12(15)4-5-14(10)11/h4-6,8,11,16-18H,2-3,7,9H2,1H3/b13-8-. The summed E-state index contributed by atoms with van der Waals surface area (Å²) >= 11 is 3.52. The van der Waals surface area contributed by atoms with Crippen molar-refractivity contribution in [3.63, 3.8) is 0 Å². The maximum Gasteiger partial charge on any atom is 0.112 e. The first-order chi connectivity index (χ1) is 8.74. The number of halogens is 1. The highest BCUT2D eigenvalue weighted by atomic mass is 79.9. The highest BCUT2D eigenvalue weighted by Gasteiger charge is 2.23. The van der Waals surface area contributed by atoms with Crippen molar-refractivity contribution >= 4 is 15.9 Å². The zero-order valence-corrected chi connectivity index (χ0v) is 12.1. The molecule has 0 saturated heterocycles. The third kappa shape index (κ3) is 3.06. The fraction of sp³-hybridized carbons (Fsp3) is 0.429. The van der Waals surface area contributed by atoms with Crippen LogP contribution in [-0.4, -0.2) is 18.9 Å². The molecule has 0 heterocycles. The molecule has 0 radical (unpaired) electrons. The molecule has 1 atom stereocenters. The third-order valence-corrected chi connectivity index (χ3v) is 3.96. The average molecular weight is 311 g/mol. The summed E-state index contributed by atoms with van der Waals surface area (Å²) in [5.41, 5.74) is 4.05. The van der Waals surface area contributed by atoms with Crippen LogP contribution in [-0.2, 0) is 6.42 Å². The molecule has 0 spiro atoms. The second-order valence-corrected chi connectivity index (χ2v) is 5.48. The fourth-order valence-corrected chi connectivity index (χ4v) is 2.96. The Labute approximate surface area is 116 Å². The number of benzene rings is 1. The number of fused-ring (bicyclic) bond motifs is 1. The molecule has 98 valence electrons. The number of aliphatic hydroxyl groups excluding tert-OH is 1. The van der Waals surface area contributed by atoms with E-state index >= 15 is 0 Å². The lowest BCUT2D eigenvalue weighted by Gasteiger charge is -2.14. The van der Waals surface area contributed by atoms with Gasteiger partial charge in [-0.1, -0.05) is 22.0 Å². The van der Waals surface area contributed by atoms with Gasteiger partial charge in [-0.25, -0.2) is 0 Å². The molecule has 0 fully saturated rings. The van der Waals surface area contributed by atoms with E-state index in [9.17, 15) is 0 Å². The van der Waals surface area contributed by atoms with Crippen LogP contribution in [0.4, 0.5) is 0 Å². The van der Waals surface area contributed by atoms with Gasteiger partial charge in [0.25, 0.3) is 0 Å². The maximum atomic E-state index is 8.77. The third-order valence-electron chi connectivity index (χ3n) is 3.46. The van der Waals surface area contributed by atoms with E-state index in [2.05, 4.69) is 44.8 Å². The van der Waals surface area contributed by atoms with Gasteiger partial charge in [-0.15, -0.1) is 0 Å². The lowest BCUT2D eigenvalue weighted by molar-refractivity contribution is 0.279. The number of allylic oxidation sites excluding steroid dienone is 1. The zero-order valence-electron chi connectivity index (χ0n) is 10.5. The van der Waals surface area contributed by atoms with E-state index in [-0.39, 0.29) is 6.73 Å². The quantitative estimate of drug-likeness (QED) is 0.732. The Morgan fingerprint density at radius 2 is 2.39 bits per heavy atom. The van der Waals surface area contributed by atoms with E-state index in [0.29, 0.717) is 5.92 Å². The number of hydrogen-bond donors (Lipinski definition) is 3. The van der Waals surface area contributed by atoms with Crippen molar-refractivity contribution in [2.45, 2.75) is 25.2 Å². The van der Waals surface area contributed by atoms with Crippen LogP contribution in [0, 0.1) is 0 Å². The van der Waals surface area contributed by atoms with Crippen molar-refractivity contribution in [1.29, 1.82) is 0 Å². The van der Waals surface area contributed by atoms with Crippen LogP contribution in [0.1, 0.15) is 29.9 Å². The zero-order chi connectivity index (χ0) is 13.0. The van der Waals surface area contributed by atoms with Crippen LogP contribution >= 0.6 is 15.9 Å². The van der Waals surface area contributed by atoms with Crippen molar-refractivity contribution in [2.24, 2.45) is 0 Å². The second-order valence-electron chi connectivity index (χ2n) is 4.56. The van der Waals surface area contributed by atoms with Crippen molar-refractivity contribution in [3.05, 3.63) is 45.7 Å². The van der Waals surface area contributed by atoms with Gasteiger partial charge in [-0.2, -0.15) is 0 Å². The van der Waals surface area contributed by atoms with Gasteiger partial charge in [-0.05, 0) is 48.4 Å². The topological polar surface area (TPSA) is 44.3 Å². The summed E-state index contributed by atoms with van der Waals surface area (Å²) in [5.74, 6) is 0.576. The first-order valence-corrected chi connectivity index (χ1v) is 7.03. The first-order valence-electron chi connectivity index (χ1n) is 6.24. The van der Waals surface area contributed by atoms with E-state index in [4.69, 9.17) is 5.11 Å². The van der Waals surface area contributed by atoms with Crippen LogP contribution in [0.25, 0.3) is 0 Å². The summed E-state index contributed by atoms with van der Waals surface area (Å²) in [6.07, 6.45) is 5.20. The van der Waals surface area contributed by atoms with Gasteiger partial charge >= 0.3 is 0 Å². The van der Waals surface area contributed by atoms with E-state index in [1.54, 1.807) is 0 Å². The monoisotopic (exact) mass is 310 g/mol. The fourth-order valence-electron chi connectivity index (χ4n) is 2.55. The minimum absolute atomic E-state index is 0.0284. The highest BCUT2D eigenvalue weighted by Crippen LogP contribution is 2.37. The maximum absolute atomic E-state index is 8.77. The van der Waals surface area contributed by atoms with Crippen LogP contribution < -0.4 is 10.6 Å². The number of hydrogen-bond acceptors (Lipinski definition) is 3. The largest absolute Gasteiger partial charge is 0.390 e. The second kappa shape index (κ2) is 6.25. The summed E-state index contributed by atoms with van der Waals surface area (Å²) < 4.78 is 1.16. The summed E-state index contributed by atoms with van der Waals surface area (Å²) in [4.78, 5) is 0. The Balaban J connectivity index is 2.09. The van der Waals surface area contributed by atoms with Crippen molar-refractivity contribution in [1.82, 2.24) is 10.6 Å².